The average Bonchev–Trinajstić information content (AvgIpc) is 2.53. The van der Waals surface area contributed by atoms with Gasteiger partial charge in [0.1, 0.15) is 5.82 Å². The van der Waals surface area contributed by atoms with Crippen molar-refractivity contribution in [3.63, 3.8) is 0 Å². The van der Waals surface area contributed by atoms with Gasteiger partial charge in [-0.2, -0.15) is 11.8 Å². The molecule has 5 nitrogen and oxygen atoms in total. The van der Waals surface area contributed by atoms with Gasteiger partial charge in [0.2, 0.25) is 11.8 Å². The molecule has 2 amide bonds. The van der Waals surface area contributed by atoms with Crippen LogP contribution in [0.1, 0.15) is 18.4 Å². The summed E-state index contributed by atoms with van der Waals surface area (Å²) in [5, 5.41) is 0. The van der Waals surface area contributed by atoms with E-state index in [1.54, 1.807) is 28.8 Å². The van der Waals surface area contributed by atoms with E-state index in [-0.39, 0.29) is 24.2 Å². The van der Waals surface area contributed by atoms with Gasteiger partial charge in [-0.3, -0.25) is 9.59 Å². The van der Waals surface area contributed by atoms with Gasteiger partial charge in [-0.1, -0.05) is 12.1 Å². The van der Waals surface area contributed by atoms with Crippen LogP contribution >= 0.6 is 11.8 Å². The minimum absolute atomic E-state index is 0.0196. The molecule has 1 atom stereocenters. The van der Waals surface area contributed by atoms with Crippen LogP contribution in [0, 0.1) is 5.82 Å². The van der Waals surface area contributed by atoms with Gasteiger partial charge < -0.3 is 15.4 Å². The van der Waals surface area contributed by atoms with Gasteiger partial charge in [0, 0.05) is 30.9 Å². The zero-order valence-electron chi connectivity index (χ0n) is 12.9. The summed E-state index contributed by atoms with van der Waals surface area (Å²) in [7, 11) is 0. The number of carbonyl (C=O) groups excluding carboxylic acids is 2. The Kier molecular flexibility index (Phi) is 6.85. The first kappa shape index (κ1) is 17.7. The predicted molar refractivity (Wildman–Crippen MR) is 87.3 cm³/mol. The van der Waals surface area contributed by atoms with Crippen molar-refractivity contribution in [1.82, 2.24) is 4.90 Å². The maximum atomic E-state index is 12.8. The molecule has 0 saturated carbocycles. The van der Waals surface area contributed by atoms with E-state index in [0.29, 0.717) is 31.9 Å². The molecule has 1 aromatic carbocycles. The van der Waals surface area contributed by atoms with Gasteiger partial charge >= 0.3 is 0 Å². The van der Waals surface area contributed by atoms with E-state index in [0.717, 1.165) is 11.3 Å². The first-order valence-corrected chi connectivity index (χ1v) is 8.69. The predicted octanol–water partition coefficient (Wildman–Crippen LogP) is 1.55. The smallest absolute Gasteiger partial charge is 0.223 e. The van der Waals surface area contributed by atoms with Crippen LogP contribution in [0.4, 0.5) is 4.39 Å². The summed E-state index contributed by atoms with van der Waals surface area (Å²) in [5.74, 6) is 0.759. The summed E-state index contributed by atoms with van der Waals surface area (Å²) < 4.78 is 18.1. The Balaban J connectivity index is 1.74. The molecule has 1 fully saturated rings. The van der Waals surface area contributed by atoms with E-state index in [9.17, 15) is 14.0 Å². The molecule has 0 unspecified atom stereocenters. The Hall–Kier alpha value is -1.60. The highest BCUT2D eigenvalue weighted by molar-refractivity contribution is 7.98. The number of rotatable bonds is 7. The SMILES string of the molecule is NC(=O)C[C@@H]1COCCN1C(=O)CCSCc1ccc(F)cc1. The molecule has 0 spiro atoms. The fourth-order valence-corrected chi connectivity index (χ4v) is 3.35. The van der Waals surface area contributed by atoms with Crippen molar-refractivity contribution in [3.05, 3.63) is 35.6 Å². The molecule has 0 bridgehead atoms. The molecule has 23 heavy (non-hydrogen) atoms. The first-order valence-electron chi connectivity index (χ1n) is 7.54. The number of amides is 2. The highest BCUT2D eigenvalue weighted by Crippen LogP contribution is 2.16. The Morgan fingerprint density at radius 2 is 2.09 bits per heavy atom. The van der Waals surface area contributed by atoms with Crippen molar-refractivity contribution < 1.29 is 18.7 Å². The van der Waals surface area contributed by atoms with Crippen molar-refractivity contribution in [2.24, 2.45) is 5.73 Å². The van der Waals surface area contributed by atoms with Gasteiger partial charge in [-0.25, -0.2) is 4.39 Å². The van der Waals surface area contributed by atoms with Gasteiger partial charge in [0.25, 0.3) is 0 Å². The Morgan fingerprint density at radius 3 is 2.78 bits per heavy atom. The number of hydrogen-bond acceptors (Lipinski definition) is 4. The lowest BCUT2D eigenvalue weighted by molar-refractivity contribution is -0.140. The zero-order valence-corrected chi connectivity index (χ0v) is 13.7. The topological polar surface area (TPSA) is 72.6 Å². The molecule has 0 aromatic heterocycles. The molecule has 0 aliphatic carbocycles. The standard InChI is InChI=1S/C16H21FN2O3S/c17-13-3-1-12(2-4-13)11-23-8-5-16(21)19-6-7-22-10-14(19)9-15(18)20/h1-4,14H,5-11H2,(H2,18,20)/t14-/m1/s1. The molecule has 0 radical (unpaired) electrons. The Labute approximate surface area is 139 Å². The fraction of sp³-hybridized carbons (Fsp3) is 0.500. The van der Waals surface area contributed by atoms with E-state index >= 15 is 0 Å². The number of ether oxygens (including phenoxy) is 1. The minimum Gasteiger partial charge on any atom is -0.377 e. The second kappa shape index (κ2) is 8.88. The number of nitrogens with two attached hydrogens (primary N) is 1. The van der Waals surface area contributed by atoms with Crippen LogP contribution in [0.25, 0.3) is 0 Å². The lowest BCUT2D eigenvalue weighted by atomic mass is 10.1. The maximum absolute atomic E-state index is 12.8. The monoisotopic (exact) mass is 340 g/mol. The normalized spacial score (nSPS) is 18.0. The van der Waals surface area contributed by atoms with Crippen LogP contribution in [0.15, 0.2) is 24.3 Å². The molecule has 1 heterocycles. The van der Waals surface area contributed by atoms with Crippen LogP contribution < -0.4 is 5.73 Å². The fourth-order valence-electron chi connectivity index (χ4n) is 2.46. The number of benzene rings is 1. The summed E-state index contributed by atoms with van der Waals surface area (Å²) in [4.78, 5) is 25.1. The van der Waals surface area contributed by atoms with Gasteiger partial charge in [0.05, 0.1) is 19.3 Å². The highest BCUT2D eigenvalue weighted by Gasteiger charge is 2.28. The Bertz CT molecular complexity index is 539. The average molecular weight is 340 g/mol. The summed E-state index contributed by atoms with van der Waals surface area (Å²) in [5.41, 5.74) is 6.25. The molecule has 126 valence electrons. The quantitative estimate of drug-likeness (QED) is 0.765. The van der Waals surface area contributed by atoms with E-state index < -0.39 is 5.91 Å². The van der Waals surface area contributed by atoms with E-state index in [1.807, 2.05) is 0 Å². The number of hydrogen-bond donors (Lipinski definition) is 1. The summed E-state index contributed by atoms with van der Waals surface area (Å²) in [6.45, 7) is 1.35. The zero-order chi connectivity index (χ0) is 16.7. The lowest BCUT2D eigenvalue weighted by Crippen LogP contribution is -2.50. The van der Waals surface area contributed by atoms with Crippen molar-refractivity contribution >= 4 is 23.6 Å². The van der Waals surface area contributed by atoms with Crippen molar-refractivity contribution in [2.45, 2.75) is 24.6 Å². The third kappa shape index (κ3) is 5.84. The Morgan fingerprint density at radius 1 is 1.35 bits per heavy atom. The van der Waals surface area contributed by atoms with Crippen LogP contribution in [-0.4, -0.2) is 48.3 Å². The lowest BCUT2D eigenvalue weighted by Gasteiger charge is -2.35. The number of morpholine rings is 1. The first-order chi connectivity index (χ1) is 11.1. The van der Waals surface area contributed by atoms with Crippen LogP contribution in [0.5, 0.6) is 0 Å². The van der Waals surface area contributed by atoms with E-state index in [4.69, 9.17) is 10.5 Å². The molecule has 2 N–H and O–H groups in total. The highest BCUT2D eigenvalue weighted by atomic mass is 32.2. The number of nitrogens with zero attached hydrogens (tertiary/aromatic N) is 1. The minimum atomic E-state index is -0.427. The molecular weight excluding hydrogens is 319 g/mol. The number of halogens is 1. The molecule has 1 aliphatic rings. The van der Waals surface area contributed by atoms with Crippen molar-refractivity contribution in [3.8, 4) is 0 Å². The van der Waals surface area contributed by atoms with Gasteiger partial charge in [0.15, 0.2) is 0 Å². The van der Waals surface area contributed by atoms with Crippen molar-refractivity contribution in [2.75, 3.05) is 25.5 Å². The summed E-state index contributed by atoms with van der Waals surface area (Å²) in [6, 6.07) is 6.10. The van der Waals surface area contributed by atoms with Gasteiger partial charge in [-0.15, -0.1) is 0 Å². The molecular formula is C16H21FN2O3S. The summed E-state index contributed by atoms with van der Waals surface area (Å²) in [6.07, 6.45) is 0.537. The van der Waals surface area contributed by atoms with Crippen LogP contribution in [0.3, 0.4) is 0 Å². The second-order valence-electron chi connectivity index (χ2n) is 5.42. The molecule has 7 heteroatoms. The number of carbonyl (C=O) groups is 2. The van der Waals surface area contributed by atoms with E-state index in [2.05, 4.69) is 0 Å². The second-order valence-corrected chi connectivity index (χ2v) is 6.52. The summed E-state index contributed by atoms with van der Waals surface area (Å²) >= 11 is 1.63. The largest absolute Gasteiger partial charge is 0.377 e. The molecule has 1 aromatic rings. The maximum Gasteiger partial charge on any atom is 0.223 e. The molecule has 2 rings (SSSR count). The third-order valence-corrected chi connectivity index (χ3v) is 4.66. The molecule has 1 saturated heterocycles. The van der Waals surface area contributed by atoms with E-state index in [1.165, 1.54) is 12.1 Å². The van der Waals surface area contributed by atoms with Crippen molar-refractivity contribution in [1.29, 1.82) is 0 Å². The van der Waals surface area contributed by atoms with Gasteiger partial charge in [-0.05, 0) is 17.7 Å². The number of primary amides is 1. The number of thioether (sulfide) groups is 1. The molecule has 1 aliphatic heterocycles. The third-order valence-electron chi connectivity index (χ3n) is 3.63. The van der Waals surface area contributed by atoms with Crippen LogP contribution in [0.2, 0.25) is 0 Å². The van der Waals surface area contributed by atoms with Crippen LogP contribution in [-0.2, 0) is 20.1 Å².